The van der Waals surface area contributed by atoms with E-state index in [2.05, 4.69) is 10.4 Å². The van der Waals surface area contributed by atoms with Gasteiger partial charge in [-0.3, -0.25) is 9.48 Å². The smallest absolute Gasteiger partial charge is 0.243 e. The van der Waals surface area contributed by atoms with Crippen LogP contribution in [-0.4, -0.2) is 35.5 Å². The van der Waals surface area contributed by atoms with E-state index in [1.807, 2.05) is 14.0 Å². The van der Waals surface area contributed by atoms with Crippen molar-refractivity contribution in [3.8, 4) is 0 Å². The molecule has 0 unspecified atom stereocenters. The molecule has 0 spiro atoms. The van der Waals surface area contributed by atoms with E-state index in [1.54, 1.807) is 23.0 Å². The molecule has 1 heterocycles. The van der Waals surface area contributed by atoms with Crippen LogP contribution in [0.4, 0.5) is 5.69 Å². The zero-order valence-electron chi connectivity index (χ0n) is 13.6. The quantitative estimate of drug-likeness (QED) is 0.897. The number of rotatable bonds is 5. The number of carbonyl (C=O) groups excluding carboxylic acids is 1. The average Bonchev–Trinajstić information content (AvgIpc) is 2.79. The van der Waals surface area contributed by atoms with Crippen LogP contribution in [0.3, 0.4) is 0 Å². The second kappa shape index (κ2) is 6.51. The highest BCUT2D eigenvalue weighted by atomic mass is 32.2. The number of amides is 1. The molecular weight excluding hydrogens is 316 g/mol. The van der Waals surface area contributed by atoms with Gasteiger partial charge in [0, 0.05) is 44.5 Å². The first-order valence-electron chi connectivity index (χ1n) is 7.03. The number of nitrogens with one attached hydrogen (secondary N) is 1. The van der Waals surface area contributed by atoms with Gasteiger partial charge in [-0.05, 0) is 31.2 Å². The monoisotopic (exact) mass is 336 g/mol. The molecule has 0 saturated heterocycles. The molecule has 0 fully saturated rings. The van der Waals surface area contributed by atoms with Crippen molar-refractivity contribution in [2.75, 3.05) is 12.4 Å². The largest absolute Gasteiger partial charge is 0.326 e. The summed E-state index contributed by atoms with van der Waals surface area (Å²) in [6, 6.07) is 6.09. The molecule has 0 aliphatic carbocycles. The van der Waals surface area contributed by atoms with Gasteiger partial charge in [-0.2, -0.15) is 9.40 Å². The standard InChI is InChI=1S/C15H20N4O3S/c1-11-13(9-16-19(11)4)10-18(3)23(21,22)15-7-5-14(6-8-15)17-12(2)20/h5-9H,10H2,1-4H3,(H,17,20). The summed E-state index contributed by atoms with van der Waals surface area (Å²) >= 11 is 0. The molecule has 23 heavy (non-hydrogen) atoms. The number of sulfonamides is 1. The van der Waals surface area contributed by atoms with Gasteiger partial charge in [-0.15, -0.1) is 0 Å². The van der Waals surface area contributed by atoms with E-state index in [4.69, 9.17) is 0 Å². The Kier molecular flexibility index (Phi) is 4.86. The molecule has 0 aliphatic heterocycles. The molecule has 8 heteroatoms. The molecule has 0 radical (unpaired) electrons. The van der Waals surface area contributed by atoms with E-state index in [-0.39, 0.29) is 17.3 Å². The van der Waals surface area contributed by atoms with E-state index in [0.717, 1.165) is 11.3 Å². The van der Waals surface area contributed by atoms with E-state index < -0.39 is 10.0 Å². The summed E-state index contributed by atoms with van der Waals surface area (Å²) < 4.78 is 28.2. The normalized spacial score (nSPS) is 11.7. The Morgan fingerprint density at radius 3 is 2.39 bits per heavy atom. The average molecular weight is 336 g/mol. The fourth-order valence-electron chi connectivity index (χ4n) is 2.12. The molecule has 1 N–H and O–H groups in total. The third-order valence-electron chi connectivity index (χ3n) is 3.61. The third kappa shape index (κ3) is 3.77. The Labute approximate surface area is 136 Å². The van der Waals surface area contributed by atoms with Crippen molar-refractivity contribution in [3.05, 3.63) is 41.7 Å². The number of anilines is 1. The number of hydrogen-bond acceptors (Lipinski definition) is 4. The van der Waals surface area contributed by atoms with Crippen molar-refractivity contribution in [3.63, 3.8) is 0 Å². The van der Waals surface area contributed by atoms with Crippen LogP contribution in [0.5, 0.6) is 0 Å². The number of aromatic nitrogens is 2. The van der Waals surface area contributed by atoms with E-state index in [0.29, 0.717) is 5.69 Å². The molecule has 1 aromatic heterocycles. The number of benzene rings is 1. The van der Waals surface area contributed by atoms with Crippen LogP contribution in [0.15, 0.2) is 35.4 Å². The lowest BCUT2D eigenvalue weighted by molar-refractivity contribution is -0.114. The van der Waals surface area contributed by atoms with Gasteiger partial charge in [0.15, 0.2) is 0 Å². The van der Waals surface area contributed by atoms with Crippen LogP contribution in [-0.2, 0) is 28.4 Å². The van der Waals surface area contributed by atoms with Crippen molar-refractivity contribution in [2.24, 2.45) is 7.05 Å². The Hall–Kier alpha value is -2.19. The minimum atomic E-state index is -3.61. The minimum absolute atomic E-state index is 0.177. The Bertz CT molecular complexity index is 810. The van der Waals surface area contributed by atoms with Gasteiger partial charge in [0.2, 0.25) is 15.9 Å². The first kappa shape index (κ1) is 17.2. The molecular formula is C15H20N4O3S. The maximum Gasteiger partial charge on any atom is 0.243 e. The fraction of sp³-hybridized carbons (Fsp3) is 0.333. The number of carbonyl (C=O) groups is 1. The topological polar surface area (TPSA) is 84.3 Å². The van der Waals surface area contributed by atoms with Gasteiger partial charge >= 0.3 is 0 Å². The fourth-order valence-corrected chi connectivity index (χ4v) is 3.27. The molecule has 0 aliphatic rings. The van der Waals surface area contributed by atoms with Crippen LogP contribution in [0.2, 0.25) is 0 Å². The van der Waals surface area contributed by atoms with Crippen LogP contribution < -0.4 is 5.32 Å². The second-order valence-electron chi connectivity index (χ2n) is 5.35. The lowest BCUT2D eigenvalue weighted by Crippen LogP contribution is -2.26. The maximum atomic E-state index is 12.6. The maximum absolute atomic E-state index is 12.6. The lowest BCUT2D eigenvalue weighted by Gasteiger charge is -2.17. The van der Waals surface area contributed by atoms with E-state index in [1.165, 1.54) is 30.4 Å². The van der Waals surface area contributed by atoms with Crippen molar-refractivity contribution in [2.45, 2.75) is 25.3 Å². The summed E-state index contributed by atoms with van der Waals surface area (Å²) in [5, 5.41) is 6.72. The Morgan fingerprint density at radius 1 is 1.30 bits per heavy atom. The molecule has 0 bridgehead atoms. The van der Waals surface area contributed by atoms with Crippen molar-refractivity contribution in [1.29, 1.82) is 0 Å². The van der Waals surface area contributed by atoms with Gasteiger partial charge in [-0.25, -0.2) is 8.42 Å². The molecule has 124 valence electrons. The summed E-state index contributed by atoms with van der Waals surface area (Å²) in [6.45, 7) is 3.54. The van der Waals surface area contributed by atoms with Crippen LogP contribution in [0.25, 0.3) is 0 Å². The number of hydrogen-bond donors (Lipinski definition) is 1. The Morgan fingerprint density at radius 2 is 1.91 bits per heavy atom. The molecule has 2 rings (SSSR count). The van der Waals surface area contributed by atoms with Crippen LogP contribution >= 0.6 is 0 Å². The minimum Gasteiger partial charge on any atom is -0.326 e. The summed E-state index contributed by atoms with van der Waals surface area (Å²) in [6.07, 6.45) is 1.67. The lowest BCUT2D eigenvalue weighted by atomic mass is 10.3. The van der Waals surface area contributed by atoms with Gasteiger partial charge in [-0.1, -0.05) is 0 Å². The highest BCUT2D eigenvalue weighted by molar-refractivity contribution is 7.89. The molecule has 7 nitrogen and oxygen atoms in total. The molecule has 0 atom stereocenters. The van der Waals surface area contributed by atoms with Crippen LogP contribution in [0.1, 0.15) is 18.2 Å². The van der Waals surface area contributed by atoms with Crippen molar-refractivity contribution < 1.29 is 13.2 Å². The number of aryl methyl sites for hydroxylation is 1. The summed E-state index contributed by atoms with van der Waals surface area (Å²) in [7, 11) is -0.261. The van der Waals surface area contributed by atoms with Crippen molar-refractivity contribution >= 4 is 21.6 Å². The Balaban J connectivity index is 2.20. The first-order valence-corrected chi connectivity index (χ1v) is 8.47. The van der Waals surface area contributed by atoms with E-state index in [9.17, 15) is 13.2 Å². The van der Waals surface area contributed by atoms with Gasteiger partial charge in [0.05, 0.1) is 11.1 Å². The zero-order chi connectivity index (χ0) is 17.2. The van der Waals surface area contributed by atoms with Crippen molar-refractivity contribution in [1.82, 2.24) is 14.1 Å². The van der Waals surface area contributed by atoms with Gasteiger partial charge in [0.1, 0.15) is 0 Å². The third-order valence-corrected chi connectivity index (χ3v) is 5.43. The SMILES string of the molecule is CC(=O)Nc1ccc(S(=O)(=O)N(C)Cc2cnn(C)c2C)cc1. The predicted octanol–water partition coefficient (Wildman–Crippen LogP) is 1.51. The summed E-state index contributed by atoms with van der Waals surface area (Å²) in [5.41, 5.74) is 2.34. The predicted molar refractivity (Wildman–Crippen MR) is 87.3 cm³/mol. The first-order chi connectivity index (χ1) is 10.7. The van der Waals surface area contributed by atoms with Gasteiger partial charge < -0.3 is 5.32 Å². The van der Waals surface area contributed by atoms with E-state index >= 15 is 0 Å². The molecule has 1 amide bonds. The second-order valence-corrected chi connectivity index (χ2v) is 7.39. The molecule has 1 aromatic carbocycles. The highest BCUT2D eigenvalue weighted by Gasteiger charge is 2.22. The highest BCUT2D eigenvalue weighted by Crippen LogP contribution is 2.20. The van der Waals surface area contributed by atoms with Crippen LogP contribution in [0, 0.1) is 6.92 Å². The zero-order valence-corrected chi connectivity index (χ0v) is 14.4. The summed E-state index contributed by atoms with van der Waals surface area (Å²) in [4.78, 5) is 11.2. The summed E-state index contributed by atoms with van der Waals surface area (Å²) in [5.74, 6) is -0.204. The number of nitrogens with zero attached hydrogens (tertiary/aromatic N) is 3. The molecule has 0 saturated carbocycles. The molecule has 2 aromatic rings. The van der Waals surface area contributed by atoms with Gasteiger partial charge in [0.25, 0.3) is 0 Å².